The van der Waals surface area contributed by atoms with Gasteiger partial charge in [0.15, 0.2) is 0 Å². The standard InChI is InChI=1S/C16H20FN5O3/c1-11-18-19-20-22(11)14(10-12-5-7-13(17)8-6-12)16(25)21(2)9-3-4-15(23)24/h5-8,14H,3-4,9-10H2,1-2H3,(H,23,24). The zero-order valence-corrected chi connectivity index (χ0v) is 14.1. The highest BCUT2D eigenvalue weighted by molar-refractivity contribution is 5.80. The minimum atomic E-state index is -0.903. The summed E-state index contributed by atoms with van der Waals surface area (Å²) in [6, 6.07) is 5.20. The zero-order valence-electron chi connectivity index (χ0n) is 14.1. The van der Waals surface area contributed by atoms with Crippen molar-refractivity contribution >= 4 is 11.9 Å². The van der Waals surface area contributed by atoms with Crippen LogP contribution in [-0.2, 0) is 16.0 Å². The second-order valence-electron chi connectivity index (χ2n) is 5.77. The van der Waals surface area contributed by atoms with Gasteiger partial charge in [-0.15, -0.1) is 5.10 Å². The fourth-order valence-corrected chi connectivity index (χ4v) is 2.48. The van der Waals surface area contributed by atoms with Gasteiger partial charge < -0.3 is 10.0 Å². The molecule has 134 valence electrons. The number of carbonyl (C=O) groups excluding carboxylic acids is 1. The number of aliphatic carboxylic acids is 1. The maximum absolute atomic E-state index is 13.1. The Bertz CT molecular complexity index is 732. The maximum Gasteiger partial charge on any atom is 0.303 e. The van der Waals surface area contributed by atoms with Crippen molar-refractivity contribution in [3.05, 3.63) is 41.5 Å². The van der Waals surface area contributed by atoms with Crippen LogP contribution in [0, 0.1) is 12.7 Å². The van der Waals surface area contributed by atoms with E-state index in [1.807, 2.05) is 0 Å². The number of rotatable bonds is 8. The summed E-state index contributed by atoms with van der Waals surface area (Å²) in [6.45, 7) is 2.00. The quantitative estimate of drug-likeness (QED) is 0.769. The monoisotopic (exact) mass is 349 g/mol. The maximum atomic E-state index is 13.1. The Kier molecular flexibility index (Phi) is 6.15. The van der Waals surface area contributed by atoms with Crippen molar-refractivity contribution in [2.24, 2.45) is 0 Å². The Labute approximate surface area is 144 Å². The number of benzene rings is 1. The van der Waals surface area contributed by atoms with Gasteiger partial charge in [-0.05, 0) is 41.5 Å². The number of likely N-dealkylation sites (N-methyl/N-ethyl adjacent to an activating group) is 1. The van der Waals surface area contributed by atoms with Gasteiger partial charge in [0.25, 0.3) is 0 Å². The first kappa shape index (κ1) is 18.5. The topological polar surface area (TPSA) is 101 Å². The second kappa shape index (κ2) is 8.32. The van der Waals surface area contributed by atoms with Crippen molar-refractivity contribution < 1.29 is 19.1 Å². The average molecular weight is 349 g/mol. The van der Waals surface area contributed by atoms with E-state index < -0.39 is 12.0 Å². The Morgan fingerprint density at radius 1 is 1.32 bits per heavy atom. The summed E-state index contributed by atoms with van der Waals surface area (Å²) in [5.74, 6) is -0.999. The normalized spacial score (nSPS) is 12.0. The molecule has 0 aliphatic carbocycles. The molecule has 1 atom stereocenters. The van der Waals surface area contributed by atoms with Crippen molar-refractivity contribution in [3.63, 3.8) is 0 Å². The van der Waals surface area contributed by atoms with Crippen LogP contribution in [-0.4, -0.2) is 55.7 Å². The molecule has 0 aliphatic rings. The molecule has 1 aromatic carbocycles. The summed E-state index contributed by atoms with van der Waals surface area (Å²) < 4.78 is 14.5. The molecule has 1 heterocycles. The lowest BCUT2D eigenvalue weighted by Gasteiger charge is -2.24. The molecule has 2 rings (SSSR count). The van der Waals surface area contributed by atoms with E-state index in [-0.39, 0.29) is 18.1 Å². The van der Waals surface area contributed by atoms with Crippen LogP contribution >= 0.6 is 0 Å². The first-order valence-corrected chi connectivity index (χ1v) is 7.84. The van der Waals surface area contributed by atoms with Crippen molar-refractivity contribution in [1.29, 1.82) is 0 Å². The molecule has 8 nitrogen and oxygen atoms in total. The van der Waals surface area contributed by atoms with Gasteiger partial charge in [-0.1, -0.05) is 12.1 Å². The number of carbonyl (C=O) groups is 2. The smallest absolute Gasteiger partial charge is 0.303 e. The van der Waals surface area contributed by atoms with Gasteiger partial charge in [0.05, 0.1) is 0 Å². The third-order valence-electron chi connectivity index (χ3n) is 3.84. The molecule has 0 bridgehead atoms. The number of aromatic nitrogens is 4. The Balaban J connectivity index is 2.16. The minimum Gasteiger partial charge on any atom is -0.481 e. The van der Waals surface area contributed by atoms with Gasteiger partial charge in [-0.25, -0.2) is 9.07 Å². The number of hydrogen-bond donors (Lipinski definition) is 1. The van der Waals surface area contributed by atoms with E-state index in [1.165, 1.54) is 21.7 Å². The van der Waals surface area contributed by atoms with Gasteiger partial charge in [0, 0.05) is 26.4 Å². The van der Waals surface area contributed by atoms with E-state index in [0.29, 0.717) is 25.2 Å². The summed E-state index contributed by atoms with van der Waals surface area (Å²) in [5, 5.41) is 20.0. The molecule has 0 saturated heterocycles. The van der Waals surface area contributed by atoms with Crippen molar-refractivity contribution in [2.45, 2.75) is 32.2 Å². The third kappa shape index (κ3) is 5.07. The van der Waals surface area contributed by atoms with E-state index in [4.69, 9.17) is 5.11 Å². The largest absolute Gasteiger partial charge is 0.481 e. The number of carboxylic acids is 1. The van der Waals surface area contributed by atoms with Gasteiger partial charge in [0.1, 0.15) is 17.7 Å². The third-order valence-corrected chi connectivity index (χ3v) is 3.84. The van der Waals surface area contributed by atoms with E-state index in [2.05, 4.69) is 15.5 Å². The van der Waals surface area contributed by atoms with Crippen LogP contribution in [0.3, 0.4) is 0 Å². The van der Waals surface area contributed by atoms with Crippen molar-refractivity contribution in [1.82, 2.24) is 25.1 Å². The molecule has 1 unspecified atom stereocenters. The van der Waals surface area contributed by atoms with Crippen LogP contribution < -0.4 is 0 Å². The number of tetrazole rings is 1. The molecule has 1 amide bonds. The molecule has 2 aromatic rings. The molecule has 0 aliphatic heterocycles. The van der Waals surface area contributed by atoms with E-state index in [0.717, 1.165) is 5.56 Å². The van der Waals surface area contributed by atoms with Crippen molar-refractivity contribution in [3.8, 4) is 0 Å². The van der Waals surface area contributed by atoms with Crippen LogP contribution in [0.4, 0.5) is 4.39 Å². The van der Waals surface area contributed by atoms with E-state index in [9.17, 15) is 14.0 Å². The molecule has 0 spiro atoms. The minimum absolute atomic E-state index is 0.00976. The summed E-state index contributed by atoms with van der Waals surface area (Å²) >= 11 is 0. The van der Waals surface area contributed by atoms with Gasteiger partial charge in [0.2, 0.25) is 5.91 Å². The lowest BCUT2D eigenvalue weighted by atomic mass is 10.0. The number of hydrogen-bond acceptors (Lipinski definition) is 5. The lowest BCUT2D eigenvalue weighted by molar-refractivity contribution is -0.138. The molecule has 1 aromatic heterocycles. The number of halogens is 1. The molecule has 25 heavy (non-hydrogen) atoms. The van der Waals surface area contributed by atoms with Crippen LogP contribution in [0.5, 0.6) is 0 Å². The number of amides is 1. The predicted molar refractivity (Wildman–Crippen MR) is 86.2 cm³/mol. The molecular formula is C16H20FN5O3. The van der Waals surface area contributed by atoms with Gasteiger partial charge in [-0.3, -0.25) is 9.59 Å². The fourth-order valence-electron chi connectivity index (χ4n) is 2.48. The fraction of sp³-hybridized carbons (Fsp3) is 0.438. The molecule has 0 radical (unpaired) electrons. The highest BCUT2D eigenvalue weighted by Crippen LogP contribution is 2.18. The lowest BCUT2D eigenvalue weighted by Crippen LogP contribution is -2.37. The summed E-state index contributed by atoms with van der Waals surface area (Å²) in [7, 11) is 1.61. The molecule has 0 saturated carbocycles. The molecule has 9 heteroatoms. The molecule has 1 N–H and O–H groups in total. The van der Waals surface area contributed by atoms with Crippen LogP contribution in [0.15, 0.2) is 24.3 Å². The van der Waals surface area contributed by atoms with Crippen LogP contribution in [0.1, 0.15) is 30.3 Å². The highest BCUT2D eigenvalue weighted by Gasteiger charge is 2.27. The van der Waals surface area contributed by atoms with E-state index in [1.54, 1.807) is 26.1 Å². The average Bonchev–Trinajstić information content (AvgIpc) is 2.99. The first-order valence-electron chi connectivity index (χ1n) is 7.84. The van der Waals surface area contributed by atoms with Gasteiger partial charge >= 0.3 is 5.97 Å². The van der Waals surface area contributed by atoms with Crippen LogP contribution in [0.25, 0.3) is 0 Å². The van der Waals surface area contributed by atoms with Crippen LogP contribution in [0.2, 0.25) is 0 Å². The zero-order chi connectivity index (χ0) is 18.4. The van der Waals surface area contributed by atoms with E-state index >= 15 is 0 Å². The van der Waals surface area contributed by atoms with Gasteiger partial charge in [-0.2, -0.15) is 0 Å². The molecular weight excluding hydrogens is 329 g/mol. The summed E-state index contributed by atoms with van der Waals surface area (Å²) in [5.41, 5.74) is 0.772. The second-order valence-corrected chi connectivity index (χ2v) is 5.77. The number of nitrogens with zero attached hydrogens (tertiary/aromatic N) is 5. The van der Waals surface area contributed by atoms with Crippen molar-refractivity contribution in [2.75, 3.05) is 13.6 Å². The Morgan fingerprint density at radius 2 is 2.00 bits per heavy atom. The summed E-state index contributed by atoms with van der Waals surface area (Å²) in [6.07, 6.45) is 0.647. The summed E-state index contributed by atoms with van der Waals surface area (Å²) in [4.78, 5) is 24.9. The Morgan fingerprint density at radius 3 is 2.56 bits per heavy atom. The predicted octanol–water partition coefficient (Wildman–Crippen LogP) is 1.23. The Hall–Kier alpha value is -2.84. The molecule has 0 fully saturated rings. The number of aryl methyl sites for hydroxylation is 1. The number of carboxylic acid groups (broad SMARTS) is 1. The first-order chi connectivity index (χ1) is 11.9. The highest BCUT2D eigenvalue weighted by atomic mass is 19.1. The SMILES string of the molecule is Cc1nnnn1C(Cc1ccc(F)cc1)C(=O)N(C)CCCC(=O)O.